The number of carbonyl (C=O) groups is 2. The van der Waals surface area contributed by atoms with Crippen LogP contribution in [0.25, 0.3) is 11.1 Å². The summed E-state index contributed by atoms with van der Waals surface area (Å²) in [5, 5.41) is 2.89. The molecule has 2 aromatic rings. The van der Waals surface area contributed by atoms with Crippen molar-refractivity contribution in [2.45, 2.75) is 39.4 Å². The van der Waals surface area contributed by atoms with Gasteiger partial charge in [0.25, 0.3) is 5.79 Å². The van der Waals surface area contributed by atoms with Crippen LogP contribution in [0.1, 0.15) is 33.1 Å². The second-order valence-electron chi connectivity index (χ2n) is 5.92. The predicted molar refractivity (Wildman–Crippen MR) is 86.0 cm³/mol. The van der Waals surface area contributed by atoms with Crippen LogP contribution in [-0.2, 0) is 25.5 Å². The fourth-order valence-electron chi connectivity index (χ4n) is 2.32. The average Bonchev–Trinajstić information content (AvgIpc) is 2.87. The number of fused-ring (bicyclic) bond motifs is 1. The monoisotopic (exact) mass is 330 g/mol. The van der Waals surface area contributed by atoms with Crippen molar-refractivity contribution < 1.29 is 23.5 Å². The van der Waals surface area contributed by atoms with Crippen LogP contribution < -0.4 is 5.32 Å². The van der Waals surface area contributed by atoms with Gasteiger partial charge in [-0.05, 0) is 24.6 Å². The number of aryl methyl sites for hydroxylation is 1. The van der Waals surface area contributed by atoms with Gasteiger partial charge < -0.3 is 19.2 Å². The summed E-state index contributed by atoms with van der Waals surface area (Å²) < 4.78 is 15.7. The molecule has 1 N–H and O–H groups in total. The van der Waals surface area contributed by atoms with E-state index in [9.17, 15) is 9.59 Å². The highest BCUT2D eigenvalue weighted by molar-refractivity contribution is 6.15. The van der Waals surface area contributed by atoms with E-state index in [1.165, 1.54) is 20.0 Å². The van der Waals surface area contributed by atoms with E-state index in [4.69, 9.17) is 13.9 Å². The Labute approximate surface area is 138 Å². The maximum Gasteiger partial charge on any atom is 0.350 e. The molecule has 1 aliphatic rings. The van der Waals surface area contributed by atoms with Gasteiger partial charge in [0, 0.05) is 32.2 Å². The van der Waals surface area contributed by atoms with E-state index in [1.54, 1.807) is 18.2 Å². The molecule has 1 aliphatic heterocycles. The molecule has 0 radical (unpaired) electrons. The van der Waals surface area contributed by atoms with E-state index >= 15 is 0 Å². The number of oxazole rings is 1. The largest absolute Gasteiger partial charge is 0.441 e. The molecule has 0 bridgehead atoms. The first-order valence-corrected chi connectivity index (χ1v) is 7.71. The summed E-state index contributed by atoms with van der Waals surface area (Å²) in [6.45, 7) is 5.05. The summed E-state index contributed by atoms with van der Waals surface area (Å²) in [7, 11) is 0. The first-order chi connectivity index (χ1) is 11.4. The van der Waals surface area contributed by atoms with Crippen molar-refractivity contribution in [3.63, 3.8) is 0 Å². The SMILES string of the molecule is CCCc1nc2cc(NC=C3C(=O)OC(C)(C)OC3=O)ccc2o1. The van der Waals surface area contributed by atoms with E-state index < -0.39 is 17.7 Å². The van der Waals surface area contributed by atoms with Gasteiger partial charge in [0.2, 0.25) is 0 Å². The minimum atomic E-state index is -1.25. The third-order valence-corrected chi connectivity index (χ3v) is 3.40. The number of ether oxygens (including phenoxy) is 2. The van der Waals surface area contributed by atoms with E-state index in [0.29, 0.717) is 22.7 Å². The van der Waals surface area contributed by atoms with Crippen molar-refractivity contribution in [2.75, 3.05) is 5.32 Å². The van der Waals surface area contributed by atoms with Gasteiger partial charge in [-0.15, -0.1) is 0 Å². The molecule has 7 nitrogen and oxygen atoms in total. The number of esters is 2. The number of hydrogen-bond donors (Lipinski definition) is 1. The van der Waals surface area contributed by atoms with E-state index in [1.807, 2.05) is 0 Å². The zero-order valence-electron chi connectivity index (χ0n) is 13.7. The van der Waals surface area contributed by atoms with Gasteiger partial charge in [-0.1, -0.05) is 6.92 Å². The van der Waals surface area contributed by atoms with Crippen LogP contribution in [0.15, 0.2) is 34.4 Å². The Hall–Kier alpha value is -2.83. The zero-order valence-corrected chi connectivity index (χ0v) is 13.7. The highest BCUT2D eigenvalue weighted by Crippen LogP contribution is 2.24. The average molecular weight is 330 g/mol. The molecule has 7 heteroatoms. The fourth-order valence-corrected chi connectivity index (χ4v) is 2.32. The smallest absolute Gasteiger partial charge is 0.350 e. The second kappa shape index (κ2) is 5.99. The van der Waals surface area contributed by atoms with Crippen LogP contribution in [0.4, 0.5) is 5.69 Å². The van der Waals surface area contributed by atoms with Gasteiger partial charge in [-0.25, -0.2) is 14.6 Å². The lowest BCUT2D eigenvalue weighted by molar-refractivity contribution is -0.222. The van der Waals surface area contributed by atoms with Gasteiger partial charge in [0.15, 0.2) is 17.0 Å². The Morgan fingerprint density at radius 3 is 2.58 bits per heavy atom. The lowest BCUT2D eigenvalue weighted by Gasteiger charge is -2.29. The highest BCUT2D eigenvalue weighted by atomic mass is 16.7. The number of nitrogens with one attached hydrogen (secondary N) is 1. The van der Waals surface area contributed by atoms with Crippen molar-refractivity contribution in [2.24, 2.45) is 0 Å². The summed E-state index contributed by atoms with van der Waals surface area (Å²) in [6, 6.07) is 5.32. The molecule has 1 fully saturated rings. The third-order valence-electron chi connectivity index (χ3n) is 3.40. The molecule has 0 spiro atoms. The van der Waals surface area contributed by atoms with Crippen molar-refractivity contribution in [3.05, 3.63) is 35.9 Å². The number of benzene rings is 1. The minimum Gasteiger partial charge on any atom is -0.441 e. The third kappa shape index (κ3) is 3.24. The Morgan fingerprint density at radius 1 is 1.21 bits per heavy atom. The molecule has 3 rings (SSSR count). The molecular weight excluding hydrogens is 312 g/mol. The van der Waals surface area contributed by atoms with Crippen LogP contribution in [0.2, 0.25) is 0 Å². The summed E-state index contributed by atoms with van der Waals surface area (Å²) in [5.41, 5.74) is 1.87. The number of aromatic nitrogens is 1. The van der Waals surface area contributed by atoms with Gasteiger partial charge in [-0.3, -0.25) is 0 Å². The molecule has 0 amide bonds. The van der Waals surface area contributed by atoms with E-state index in [0.717, 1.165) is 12.8 Å². The van der Waals surface area contributed by atoms with Crippen molar-refractivity contribution >= 4 is 28.7 Å². The zero-order chi connectivity index (χ0) is 17.3. The number of cyclic esters (lactones) is 2. The summed E-state index contributed by atoms with van der Waals surface area (Å²) in [4.78, 5) is 28.1. The van der Waals surface area contributed by atoms with Crippen LogP contribution in [-0.4, -0.2) is 22.7 Å². The Kier molecular flexibility index (Phi) is 4.01. The lowest BCUT2D eigenvalue weighted by atomic mass is 10.2. The molecule has 1 aromatic heterocycles. The molecule has 126 valence electrons. The van der Waals surface area contributed by atoms with Crippen molar-refractivity contribution in [1.29, 1.82) is 0 Å². The Morgan fingerprint density at radius 2 is 1.92 bits per heavy atom. The van der Waals surface area contributed by atoms with Crippen molar-refractivity contribution in [1.82, 2.24) is 4.98 Å². The molecule has 24 heavy (non-hydrogen) atoms. The van der Waals surface area contributed by atoms with Crippen LogP contribution in [0, 0.1) is 0 Å². The van der Waals surface area contributed by atoms with E-state index in [-0.39, 0.29) is 5.57 Å². The summed E-state index contributed by atoms with van der Waals surface area (Å²) in [6.07, 6.45) is 2.99. The maximum atomic E-state index is 11.9. The number of carbonyl (C=O) groups excluding carboxylic acids is 2. The molecule has 1 aromatic carbocycles. The van der Waals surface area contributed by atoms with Crippen LogP contribution in [0.3, 0.4) is 0 Å². The topological polar surface area (TPSA) is 90.7 Å². The Bertz CT molecular complexity index is 813. The van der Waals surface area contributed by atoms with Crippen LogP contribution >= 0.6 is 0 Å². The molecule has 0 atom stereocenters. The van der Waals surface area contributed by atoms with Gasteiger partial charge in [0.1, 0.15) is 5.52 Å². The molecule has 2 heterocycles. The molecule has 1 saturated heterocycles. The van der Waals surface area contributed by atoms with Crippen molar-refractivity contribution in [3.8, 4) is 0 Å². The number of rotatable bonds is 4. The normalized spacial score (nSPS) is 16.7. The quantitative estimate of drug-likeness (QED) is 0.523. The molecule has 0 saturated carbocycles. The standard InChI is InChI=1S/C17H18N2O5/c1-4-5-14-19-12-8-10(6-7-13(12)22-14)18-9-11-15(20)23-17(2,3)24-16(11)21/h6-9,18H,4-5H2,1-3H3. The number of hydrogen-bond acceptors (Lipinski definition) is 7. The number of anilines is 1. The van der Waals surface area contributed by atoms with E-state index in [2.05, 4.69) is 17.2 Å². The Balaban J connectivity index is 1.79. The summed E-state index contributed by atoms with van der Waals surface area (Å²) in [5.74, 6) is -2.02. The highest BCUT2D eigenvalue weighted by Gasteiger charge is 2.38. The van der Waals surface area contributed by atoms with Gasteiger partial charge in [-0.2, -0.15) is 0 Å². The second-order valence-corrected chi connectivity index (χ2v) is 5.92. The lowest BCUT2D eigenvalue weighted by Crippen LogP contribution is -2.42. The first kappa shape index (κ1) is 16.0. The number of nitrogens with zero attached hydrogens (tertiary/aromatic N) is 1. The minimum absolute atomic E-state index is 0.193. The molecule has 0 aliphatic carbocycles. The predicted octanol–water partition coefficient (Wildman–Crippen LogP) is 2.91. The van der Waals surface area contributed by atoms with Gasteiger partial charge >= 0.3 is 11.9 Å². The molecule has 0 unspecified atom stereocenters. The van der Waals surface area contributed by atoms with Crippen LogP contribution in [0.5, 0.6) is 0 Å². The maximum absolute atomic E-state index is 11.9. The fraction of sp³-hybridized carbons (Fsp3) is 0.353. The first-order valence-electron chi connectivity index (χ1n) is 7.71. The molecular formula is C17H18N2O5. The summed E-state index contributed by atoms with van der Waals surface area (Å²) >= 11 is 0. The van der Waals surface area contributed by atoms with Gasteiger partial charge in [0.05, 0.1) is 0 Å².